The summed E-state index contributed by atoms with van der Waals surface area (Å²) in [6.07, 6.45) is 2.03. The minimum absolute atomic E-state index is 0.0364. The number of nitrogens with one attached hydrogen (secondary N) is 3. The van der Waals surface area contributed by atoms with E-state index in [4.69, 9.17) is 4.74 Å². The number of esters is 1. The summed E-state index contributed by atoms with van der Waals surface area (Å²) in [5.41, 5.74) is 1.63. The average Bonchev–Trinajstić information content (AvgIpc) is 3.51. The molecule has 8 heteroatoms. The number of urea groups is 2. The first-order valence-electron chi connectivity index (χ1n) is 9.86. The van der Waals surface area contributed by atoms with Crippen LogP contribution in [0.4, 0.5) is 21.0 Å². The SMILES string of the molecule is CC(C)NC(=O)N(C)c1ccc(OC(=O)c2ccc(NC(=O)NC3CC3)cc2)cc1. The van der Waals surface area contributed by atoms with Crippen molar-refractivity contribution in [1.82, 2.24) is 10.6 Å². The van der Waals surface area contributed by atoms with E-state index in [1.54, 1.807) is 55.6 Å². The zero-order valence-electron chi connectivity index (χ0n) is 17.3. The molecule has 0 atom stereocenters. The van der Waals surface area contributed by atoms with Gasteiger partial charge in [0.25, 0.3) is 0 Å². The maximum absolute atomic E-state index is 12.4. The van der Waals surface area contributed by atoms with Crippen molar-refractivity contribution in [2.24, 2.45) is 0 Å². The van der Waals surface area contributed by atoms with Gasteiger partial charge in [0.1, 0.15) is 5.75 Å². The molecule has 0 radical (unpaired) electrons. The fourth-order valence-corrected chi connectivity index (χ4v) is 2.63. The standard InChI is InChI=1S/C22H26N4O4/c1-14(2)23-22(29)26(3)18-10-12-19(13-11-18)30-20(27)15-4-6-16(7-5-15)24-21(28)25-17-8-9-17/h4-7,10-14,17H,8-9H2,1-3H3,(H,23,29)(H2,24,25,28). The van der Waals surface area contributed by atoms with Crippen LogP contribution in [0.3, 0.4) is 0 Å². The molecule has 158 valence electrons. The first-order chi connectivity index (χ1) is 14.3. The molecule has 3 rings (SSSR count). The van der Waals surface area contributed by atoms with Crippen molar-refractivity contribution >= 4 is 29.4 Å². The van der Waals surface area contributed by atoms with E-state index in [-0.39, 0.29) is 24.1 Å². The minimum atomic E-state index is -0.511. The van der Waals surface area contributed by atoms with Gasteiger partial charge in [0, 0.05) is 30.5 Å². The summed E-state index contributed by atoms with van der Waals surface area (Å²) in [5.74, 6) is -0.143. The van der Waals surface area contributed by atoms with Crippen LogP contribution in [0, 0.1) is 0 Å². The lowest BCUT2D eigenvalue weighted by Gasteiger charge is -2.20. The van der Waals surface area contributed by atoms with E-state index in [1.165, 1.54) is 4.90 Å². The van der Waals surface area contributed by atoms with Crippen LogP contribution in [0.1, 0.15) is 37.0 Å². The van der Waals surface area contributed by atoms with Crippen molar-refractivity contribution < 1.29 is 19.1 Å². The molecule has 0 aromatic heterocycles. The zero-order chi connectivity index (χ0) is 21.7. The molecule has 0 heterocycles. The van der Waals surface area contributed by atoms with Gasteiger partial charge >= 0.3 is 18.0 Å². The van der Waals surface area contributed by atoms with Crippen LogP contribution in [0.5, 0.6) is 5.75 Å². The average molecular weight is 410 g/mol. The number of ether oxygens (including phenoxy) is 1. The maximum atomic E-state index is 12.4. The number of benzene rings is 2. The van der Waals surface area contributed by atoms with Gasteiger partial charge in [-0.25, -0.2) is 14.4 Å². The van der Waals surface area contributed by atoms with Gasteiger partial charge in [0.05, 0.1) is 5.56 Å². The van der Waals surface area contributed by atoms with Crippen molar-refractivity contribution in [1.29, 1.82) is 0 Å². The van der Waals surface area contributed by atoms with Crippen LogP contribution in [0.15, 0.2) is 48.5 Å². The molecule has 0 saturated heterocycles. The molecule has 2 aromatic rings. The summed E-state index contributed by atoms with van der Waals surface area (Å²) >= 11 is 0. The molecule has 3 N–H and O–H groups in total. The Morgan fingerprint density at radius 1 is 1.00 bits per heavy atom. The Labute approximate surface area is 175 Å². The minimum Gasteiger partial charge on any atom is -0.423 e. The summed E-state index contributed by atoms with van der Waals surface area (Å²) in [6, 6.07) is 13.0. The Hall–Kier alpha value is -3.55. The number of carbonyl (C=O) groups excluding carboxylic acids is 3. The van der Waals surface area contributed by atoms with Gasteiger partial charge in [-0.2, -0.15) is 0 Å². The van der Waals surface area contributed by atoms with Crippen molar-refractivity contribution in [3.63, 3.8) is 0 Å². The van der Waals surface area contributed by atoms with E-state index in [2.05, 4.69) is 16.0 Å². The van der Waals surface area contributed by atoms with Crippen LogP contribution in [0.2, 0.25) is 0 Å². The topological polar surface area (TPSA) is 99.8 Å². The third kappa shape index (κ3) is 5.97. The summed E-state index contributed by atoms with van der Waals surface area (Å²) in [7, 11) is 1.67. The Kier molecular flexibility index (Phi) is 6.56. The highest BCUT2D eigenvalue weighted by atomic mass is 16.5. The Bertz CT molecular complexity index is 906. The summed E-state index contributed by atoms with van der Waals surface area (Å²) in [6.45, 7) is 3.78. The number of hydrogen-bond acceptors (Lipinski definition) is 4. The Balaban J connectivity index is 1.54. The number of amides is 4. The van der Waals surface area contributed by atoms with Crippen molar-refractivity contribution in [2.45, 2.75) is 38.8 Å². The number of anilines is 2. The van der Waals surface area contributed by atoms with E-state index in [0.29, 0.717) is 22.7 Å². The second kappa shape index (κ2) is 9.30. The molecule has 4 amide bonds. The first kappa shape index (κ1) is 21.2. The predicted molar refractivity (Wildman–Crippen MR) is 115 cm³/mol. The van der Waals surface area contributed by atoms with Crippen LogP contribution >= 0.6 is 0 Å². The summed E-state index contributed by atoms with van der Waals surface area (Å²) in [5, 5.41) is 8.37. The normalized spacial score (nSPS) is 12.8. The van der Waals surface area contributed by atoms with Gasteiger partial charge in [-0.1, -0.05) is 0 Å². The van der Waals surface area contributed by atoms with E-state index >= 15 is 0 Å². The molecule has 8 nitrogen and oxygen atoms in total. The van der Waals surface area contributed by atoms with E-state index in [1.807, 2.05) is 13.8 Å². The Morgan fingerprint density at radius 3 is 2.20 bits per heavy atom. The highest BCUT2D eigenvalue weighted by Crippen LogP contribution is 2.21. The zero-order valence-corrected chi connectivity index (χ0v) is 17.3. The lowest BCUT2D eigenvalue weighted by atomic mass is 10.2. The molecule has 0 spiro atoms. The van der Waals surface area contributed by atoms with Gasteiger partial charge in [-0.05, 0) is 75.2 Å². The predicted octanol–water partition coefficient (Wildman–Crippen LogP) is 3.74. The smallest absolute Gasteiger partial charge is 0.343 e. The quantitative estimate of drug-likeness (QED) is 0.499. The maximum Gasteiger partial charge on any atom is 0.343 e. The van der Waals surface area contributed by atoms with Gasteiger partial charge in [-0.15, -0.1) is 0 Å². The largest absolute Gasteiger partial charge is 0.423 e. The van der Waals surface area contributed by atoms with Gasteiger partial charge in [0.15, 0.2) is 0 Å². The van der Waals surface area contributed by atoms with Crippen LogP contribution in [0.25, 0.3) is 0 Å². The van der Waals surface area contributed by atoms with Crippen molar-refractivity contribution in [2.75, 3.05) is 17.3 Å². The van der Waals surface area contributed by atoms with E-state index < -0.39 is 5.97 Å². The fraction of sp³-hybridized carbons (Fsp3) is 0.318. The third-order valence-corrected chi connectivity index (χ3v) is 4.44. The van der Waals surface area contributed by atoms with E-state index in [0.717, 1.165) is 12.8 Å². The van der Waals surface area contributed by atoms with Gasteiger partial charge in [-0.3, -0.25) is 4.90 Å². The molecule has 1 saturated carbocycles. The van der Waals surface area contributed by atoms with E-state index in [9.17, 15) is 14.4 Å². The second-order valence-electron chi connectivity index (χ2n) is 7.50. The molecule has 1 fully saturated rings. The highest BCUT2D eigenvalue weighted by Gasteiger charge is 2.23. The number of nitrogens with zero attached hydrogens (tertiary/aromatic N) is 1. The fourth-order valence-electron chi connectivity index (χ4n) is 2.63. The molecular weight excluding hydrogens is 384 g/mol. The first-order valence-corrected chi connectivity index (χ1v) is 9.86. The number of hydrogen-bond donors (Lipinski definition) is 3. The third-order valence-electron chi connectivity index (χ3n) is 4.44. The highest BCUT2D eigenvalue weighted by molar-refractivity contribution is 5.94. The molecule has 0 bridgehead atoms. The summed E-state index contributed by atoms with van der Waals surface area (Å²) < 4.78 is 5.38. The molecule has 30 heavy (non-hydrogen) atoms. The monoisotopic (exact) mass is 410 g/mol. The second-order valence-corrected chi connectivity index (χ2v) is 7.50. The summed E-state index contributed by atoms with van der Waals surface area (Å²) in [4.78, 5) is 37.6. The molecule has 2 aromatic carbocycles. The van der Waals surface area contributed by atoms with Crippen LogP contribution in [-0.4, -0.2) is 37.2 Å². The van der Waals surface area contributed by atoms with Crippen molar-refractivity contribution in [3.8, 4) is 5.75 Å². The Morgan fingerprint density at radius 2 is 1.63 bits per heavy atom. The van der Waals surface area contributed by atoms with Gasteiger partial charge < -0.3 is 20.7 Å². The lowest BCUT2D eigenvalue weighted by Crippen LogP contribution is -2.40. The molecule has 0 unspecified atom stereocenters. The van der Waals surface area contributed by atoms with Gasteiger partial charge in [0.2, 0.25) is 0 Å². The molecule has 1 aliphatic carbocycles. The van der Waals surface area contributed by atoms with Crippen LogP contribution < -0.4 is 25.6 Å². The number of carbonyl (C=O) groups is 3. The van der Waals surface area contributed by atoms with Crippen LogP contribution in [-0.2, 0) is 0 Å². The molecule has 1 aliphatic rings. The lowest BCUT2D eigenvalue weighted by molar-refractivity contribution is 0.0734. The van der Waals surface area contributed by atoms with Crippen molar-refractivity contribution in [3.05, 3.63) is 54.1 Å². The molecular formula is C22H26N4O4. The number of rotatable bonds is 6. The molecule has 0 aliphatic heterocycles.